The molecule has 0 bridgehead atoms. The maximum Gasteiger partial charge on any atom is 0.247 e. The van der Waals surface area contributed by atoms with Gasteiger partial charge in [-0.05, 0) is 69.4 Å². The molecule has 4 nitrogen and oxygen atoms in total. The Morgan fingerprint density at radius 1 is 1.29 bits per heavy atom. The maximum atomic E-state index is 13.0. The predicted molar refractivity (Wildman–Crippen MR) is 129 cm³/mol. The summed E-state index contributed by atoms with van der Waals surface area (Å²) in [5.74, 6) is 0.819. The highest BCUT2D eigenvalue weighted by atomic mass is 79.9. The number of aryl methyl sites for hydroxylation is 1. The van der Waals surface area contributed by atoms with Crippen molar-refractivity contribution in [2.75, 3.05) is 13.7 Å². The van der Waals surface area contributed by atoms with E-state index in [4.69, 9.17) is 9.15 Å². The van der Waals surface area contributed by atoms with Crippen LogP contribution in [0, 0.1) is 6.92 Å². The Hall–Kier alpha value is -2.53. The van der Waals surface area contributed by atoms with Gasteiger partial charge >= 0.3 is 0 Å². The fraction of sp³-hybridized carbons (Fsp3) is 0.346. The highest BCUT2D eigenvalue weighted by Gasteiger charge is 2.23. The van der Waals surface area contributed by atoms with Crippen LogP contribution in [0.1, 0.15) is 44.2 Å². The van der Waals surface area contributed by atoms with E-state index < -0.39 is 0 Å². The maximum absolute atomic E-state index is 13.0. The molecular formula is C26H28BrNO3. The number of carbonyl (C=O) groups excluding carboxylic acids is 1. The molecule has 0 N–H and O–H groups in total. The van der Waals surface area contributed by atoms with Crippen molar-refractivity contribution in [2.24, 2.45) is 0 Å². The molecular weight excluding hydrogens is 454 g/mol. The number of likely N-dealkylation sites (tertiary alicyclic amines) is 1. The summed E-state index contributed by atoms with van der Waals surface area (Å²) >= 11 is 3.55. The van der Waals surface area contributed by atoms with E-state index in [1.165, 1.54) is 6.42 Å². The lowest BCUT2D eigenvalue weighted by molar-refractivity contribution is -0.129. The van der Waals surface area contributed by atoms with Crippen LogP contribution in [0.3, 0.4) is 0 Å². The zero-order valence-electron chi connectivity index (χ0n) is 18.5. The van der Waals surface area contributed by atoms with Gasteiger partial charge in [0.25, 0.3) is 0 Å². The average molecular weight is 482 g/mol. The molecule has 1 unspecified atom stereocenters. The number of allylic oxidation sites excluding steroid dienone is 1. The van der Waals surface area contributed by atoms with Gasteiger partial charge in [0.2, 0.25) is 5.91 Å². The van der Waals surface area contributed by atoms with Gasteiger partial charge < -0.3 is 14.1 Å². The monoisotopic (exact) mass is 481 g/mol. The van der Waals surface area contributed by atoms with Gasteiger partial charge in [0, 0.05) is 45.2 Å². The van der Waals surface area contributed by atoms with Gasteiger partial charge in [0.15, 0.2) is 0 Å². The minimum Gasteiger partial charge on any atom is -0.496 e. The second kappa shape index (κ2) is 8.91. The molecule has 1 aromatic heterocycles. The van der Waals surface area contributed by atoms with Gasteiger partial charge in [0.1, 0.15) is 11.3 Å². The second-order valence-electron chi connectivity index (χ2n) is 8.32. The quantitative estimate of drug-likeness (QED) is 0.377. The number of ether oxygens (including phenoxy) is 1. The Morgan fingerprint density at radius 3 is 2.81 bits per heavy atom. The van der Waals surface area contributed by atoms with Crippen molar-refractivity contribution in [3.63, 3.8) is 0 Å². The molecule has 2 heterocycles. The van der Waals surface area contributed by atoms with Crippen LogP contribution in [0.4, 0.5) is 0 Å². The van der Waals surface area contributed by atoms with E-state index >= 15 is 0 Å². The smallest absolute Gasteiger partial charge is 0.247 e. The molecule has 2 aromatic carbocycles. The van der Waals surface area contributed by atoms with Crippen LogP contribution in [0.15, 0.2) is 51.6 Å². The molecule has 0 aliphatic carbocycles. The van der Waals surface area contributed by atoms with Crippen LogP contribution < -0.4 is 4.74 Å². The molecule has 1 atom stereocenters. The van der Waals surface area contributed by atoms with E-state index in [1.807, 2.05) is 30.9 Å². The Bertz CT molecular complexity index is 1160. The average Bonchev–Trinajstić information content (AvgIpc) is 3.18. The number of methoxy groups -OCH3 is 1. The predicted octanol–water partition coefficient (Wildman–Crippen LogP) is 6.98. The Balaban J connectivity index is 1.81. The molecule has 0 spiro atoms. The summed E-state index contributed by atoms with van der Waals surface area (Å²) in [4.78, 5) is 15.0. The lowest BCUT2D eigenvalue weighted by Crippen LogP contribution is -2.41. The lowest BCUT2D eigenvalue weighted by atomic mass is 9.96. The fourth-order valence-electron chi connectivity index (χ4n) is 4.52. The molecule has 4 rings (SSSR count). The number of amides is 1. The second-order valence-corrected chi connectivity index (χ2v) is 9.24. The van der Waals surface area contributed by atoms with E-state index in [1.54, 1.807) is 19.4 Å². The normalized spacial score (nSPS) is 17.3. The summed E-state index contributed by atoms with van der Waals surface area (Å²) in [5.41, 5.74) is 5.65. The molecule has 1 fully saturated rings. The van der Waals surface area contributed by atoms with Crippen molar-refractivity contribution in [1.82, 2.24) is 4.90 Å². The third-order valence-corrected chi connectivity index (χ3v) is 6.73. The first-order valence-corrected chi connectivity index (χ1v) is 11.5. The number of benzene rings is 2. The van der Waals surface area contributed by atoms with Gasteiger partial charge in [-0.1, -0.05) is 28.1 Å². The Labute approximate surface area is 192 Å². The van der Waals surface area contributed by atoms with Crippen LogP contribution in [-0.2, 0) is 4.79 Å². The number of nitrogens with zero attached hydrogens (tertiary/aromatic N) is 1. The molecule has 1 aliphatic heterocycles. The molecule has 31 heavy (non-hydrogen) atoms. The number of rotatable bonds is 4. The number of furan rings is 1. The number of hydrogen-bond donors (Lipinski definition) is 0. The SMILES string of the molecule is COc1c(/C(C)=C/C(=O)N2CCCCC2C)cc2c(-c3cccc(Br)c3)coc2c1C. The summed E-state index contributed by atoms with van der Waals surface area (Å²) in [6.45, 7) is 6.94. The number of halogens is 1. The van der Waals surface area contributed by atoms with Crippen molar-refractivity contribution >= 4 is 38.4 Å². The third-order valence-electron chi connectivity index (χ3n) is 6.23. The lowest BCUT2D eigenvalue weighted by Gasteiger charge is -2.32. The highest BCUT2D eigenvalue weighted by molar-refractivity contribution is 9.10. The number of fused-ring (bicyclic) bond motifs is 1. The van der Waals surface area contributed by atoms with E-state index in [0.717, 1.165) is 68.4 Å². The third kappa shape index (κ3) is 4.16. The van der Waals surface area contributed by atoms with Crippen LogP contribution >= 0.6 is 15.9 Å². The summed E-state index contributed by atoms with van der Waals surface area (Å²) < 4.78 is 12.7. The van der Waals surface area contributed by atoms with E-state index in [-0.39, 0.29) is 11.9 Å². The zero-order valence-corrected chi connectivity index (χ0v) is 20.1. The largest absolute Gasteiger partial charge is 0.496 e. The van der Waals surface area contributed by atoms with Crippen molar-refractivity contribution in [3.8, 4) is 16.9 Å². The Morgan fingerprint density at radius 2 is 2.10 bits per heavy atom. The van der Waals surface area contributed by atoms with Crippen LogP contribution in [-0.4, -0.2) is 30.5 Å². The first-order valence-electron chi connectivity index (χ1n) is 10.7. The summed E-state index contributed by atoms with van der Waals surface area (Å²) in [6, 6.07) is 10.5. The van der Waals surface area contributed by atoms with Crippen molar-refractivity contribution < 1.29 is 13.9 Å². The van der Waals surface area contributed by atoms with Gasteiger partial charge in [-0.25, -0.2) is 0 Å². The first-order chi connectivity index (χ1) is 14.9. The first kappa shape index (κ1) is 21.7. The van der Waals surface area contributed by atoms with E-state index in [2.05, 4.69) is 41.1 Å². The molecule has 162 valence electrons. The van der Waals surface area contributed by atoms with Gasteiger partial charge in [-0.2, -0.15) is 0 Å². The van der Waals surface area contributed by atoms with Gasteiger partial charge in [-0.15, -0.1) is 0 Å². The molecule has 0 saturated carbocycles. The van der Waals surface area contributed by atoms with Crippen molar-refractivity contribution in [3.05, 3.63) is 58.3 Å². The summed E-state index contributed by atoms with van der Waals surface area (Å²) in [7, 11) is 1.66. The Kier molecular flexibility index (Phi) is 6.24. The number of carbonyl (C=O) groups is 1. The molecule has 1 amide bonds. The van der Waals surface area contributed by atoms with Crippen molar-refractivity contribution in [1.29, 1.82) is 0 Å². The minimum absolute atomic E-state index is 0.0731. The number of piperidine rings is 1. The van der Waals surface area contributed by atoms with Gasteiger partial charge in [-0.3, -0.25) is 4.79 Å². The van der Waals surface area contributed by atoms with E-state index in [9.17, 15) is 4.79 Å². The van der Waals surface area contributed by atoms with Crippen LogP contribution in [0.25, 0.3) is 27.7 Å². The molecule has 0 radical (unpaired) electrons. The topological polar surface area (TPSA) is 42.7 Å². The highest BCUT2D eigenvalue weighted by Crippen LogP contribution is 2.41. The standard InChI is InChI=1S/C26H28BrNO3/c1-16(12-24(29)28-11-6-5-8-17(28)2)21-14-22-23(19-9-7-10-20(27)13-19)15-31-26(22)18(3)25(21)30-4/h7,9-10,12-15,17H,5-6,8,11H2,1-4H3/b16-12+. The van der Waals surface area contributed by atoms with Crippen LogP contribution in [0.5, 0.6) is 5.75 Å². The summed E-state index contributed by atoms with van der Waals surface area (Å²) in [6.07, 6.45) is 6.88. The fourth-order valence-corrected chi connectivity index (χ4v) is 4.92. The van der Waals surface area contributed by atoms with Crippen molar-refractivity contribution in [2.45, 2.75) is 46.1 Å². The number of hydrogen-bond acceptors (Lipinski definition) is 3. The molecule has 1 saturated heterocycles. The minimum atomic E-state index is 0.0731. The molecule has 5 heteroatoms. The summed E-state index contributed by atoms with van der Waals surface area (Å²) in [5, 5.41) is 1.01. The molecule has 3 aromatic rings. The zero-order chi connectivity index (χ0) is 22.1. The molecule has 1 aliphatic rings. The van der Waals surface area contributed by atoms with Gasteiger partial charge in [0.05, 0.1) is 13.4 Å². The van der Waals surface area contributed by atoms with E-state index in [0.29, 0.717) is 0 Å². The van der Waals surface area contributed by atoms with Crippen LogP contribution in [0.2, 0.25) is 0 Å².